The number of likely N-dealkylation sites (tertiary alicyclic amines) is 1. The molecule has 146 valence electrons. The number of carbonyl (C=O) groups is 1. The third kappa shape index (κ3) is 4.35. The van der Waals surface area contributed by atoms with E-state index in [2.05, 4.69) is 26.1 Å². The van der Waals surface area contributed by atoms with Crippen LogP contribution in [0, 0.1) is 0 Å². The molecule has 0 saturated carbocycles. The minimum atomic E-state index is 0.191. The van der Waals surface area contributed by atoms with Crippen molar-refractivity contribution in [1.82, 2.24) is 19.5 Å². The molecule has 4 rings (SSSR count). The Morgan fingerprint density at radius 3 is 3.04 bits per heavy atom. The predicted octanol–water partition coefficient (Wildman–Crippen LogP) is 4.06. The van der Waals surface area contributed by atoms with Gasteiger partial charge in [0.1, 0.15) is 11.6 Å². The number of benzene rings is 1. The lowest BCUT2D eigenvalue weighted by Gasteiger charge is -2.32. The van der Waals surface area contributed by atoms with E-state index in [-0.39, 0.29) is 11.8 Å². The maximum Gasteiger partial charge on any atom is 0.222 e. The Hall–Kier alpha value is -2.41. The van der Waals surface area contributed by atoms with E-state index in [1.807, 2.05) is 58.0 Å². The van der Waals surface area contributed by atoms with Gasteiger partial charge in [0.2, 0.25) is 5.91 Å². The minimum absolute atomic E-state index is 0.191. The molecular formula is C21H23BrN4O2. The molecule has 1 fully saturated rings. The Bertz CT molecular complexity index is 958. The number of pyridine rings is 1. The van der Waals surface area contributed by atoms with Gasteiger partial charge in [-0.25, -0.2) is 0 Å². The molecular weight excluding hydrogens is 420 g/mol. The molecule has 0 radical (unpaired) electrons. The summed E-state index contributed by atoms with van der Waals surface area (Å²) in [6.07, 6.45) is 5.23. The van der Waals surface area contributed by atoms with Gasteiger partial charge in [0.15, 0.2) is 5.65 Å². The predicted molar refractivity (Wildman–Crippen MR) is 110 cm³/mol. The molecule has 1 saturated heterocycles. The van der Waals surface area contributed by atoms with E-state index in [1.54, 1.807) is 0 Å². The summed E-state index contributed by atoms with van der Waals surface area (Å²) >= 11 is 3.43. The number of nitrogens with zero attached hydrogens (tertiary/aromatic N) is 4. The molecule has 3 aromatic rings. The zero-order chi connectivity index (χ0) is 19.3. The zero-order valence-corrected chi connectivity index (χ0v) is 17.2. The van der Waals surface area contributed by atoms with E-state index in [4.69, 9.17) is 4.74 Å². The first-order valence-electron chi connectivity index (χ1n) is 9.66. The molecule has 28 heavy (non-hydrogen) atoms. The van der Waals surface area contributed by atoms with E-state index < -0.39 is 0 Å². The highest BCUT2D eigenvalue weighted by molar-refractivity contribution is 9.10. The summed E-state index contributed by atoms with van der Waals surface area (Å²) in [4.78, 5) is 14.6. The number of hydrogen-bond donors (Lipinski definition) is 0. The van der Waals surface area contributed by atoms with E-state index in [1.165, 1.54) is 0 Å². The van der Waals surface area contributed by atoms with Crippen LogP contribution in [0.3, 0.4) is 0 Å². The Kier molecular flexibility index (Phi) is 5.90. The van der Waals surface area contributed by atoms with Gasteiger partial charge in [0.25, 0.3) is 0 Å². The maximum atomic E-state index is 12.7. The lowest BCUT2D eigenvalue weighted by Crippen LogP contribution is -2.39. The van der Waals surface area contributed by atoms with Crippen molar-refractivity contribution in [3.63, 3.8) is 0 Å². The van der Waals surface area contributed by atoms with Crippen LogP contribution >= 0.6 is 15.9 Å². The second kappa shape index (κ2) is 8.73. The molecule has 1 atom stereocenters. The lowest BCUT2D eigenvalue weighted by molar-refractivity contribution is -0.132. The van der Waals surface area contributed by atoms with Crippen molar-refractivity contribution in [2.24, 2.45) is 0 Å². The summed E-state index contributed by atoms with van der Waals surface area (Å²) in [5, 5.41) is 8.63. The highest BCUT2D eigenvalue weighted by Gasteiger charge is 2.27. The number of halogens is 1. The lowest BCUT2D eigenvalue weighted by atomic mass is 9.97. The fourth-order valence-corrected chi connectivity index (χ4v) is 4.06. The number of fused-ring (bicyclic) bond motifs is 1. The third-order valence-corrected chi connectivity index (χ3v) is 5.57. The van der Waals surface area contributed by atoms with Crippen LogP contribution < -0.4 is 4.74 Å². The SMILES string of the molecule is O=C(CCCOc1cccc(Br)c1)N1CCCC(c2nnc3ccccn23)C1. The number of rotatable bonds is 6. The average molecular weight is 443 g/mol. The van der Waals surface area contributed by atoms with Crippen molar-refractivity contribution in [1.29, 1.82) is 0 Å². The van der Waals surface area contributed by atoms with E-state index in [0.717, 1.165) is 41.1 Å². The normalized spacial score (nSPS) is 17.0. The first kappa shape index (κ1) is 18.9. The van der Waals surface area contributed by atoms with Gasteiger partial charge in [-0.1, -0.05) is 28.1 Å². The number of hydrogen-bond acceptors (Lipinski definition) is 4. The quantitative estimate of drug-likeness (QED) is 0.540. The van der Waals surface area contributed by atoms with Crippen LogP contribution in [0.1, 0.15) is 37.4 Å². The number of amides is 1. The molecule has 1 aliphatic heterocycles. The molecule has 3 heterocycles. The van der Waals surface area contributed by atoms with Crippen LogP contribution in [0.5, 0.6) is 5.75 Å². The third-order valence-electron chi connectivity index (χ3n) is 5.08. The maximum absolute atomic E-state index is 12.7. The Balaban J connectivity index is 1.30. The second-order valence-electron chi connectivity index (χ2n) is 7.08. The number of carbonyl (C=O) groups excluding carboxylic acids is 1. The van der Waals surface area contributed by atoms with Gasteiger partial charge in [-0.2, -0.15) is 0 Å². The monoisotopic (exact) mass is 442 g/mol. The number of ether oxygens (including phenoxy) is 1. The van der Waals surface area contributed by atoms with Crippen LogP contribution in [0.4, 0.5) is 0 Å². The van der Waals surface area contributed by atoms with E-state index in [9.17, 15) is 4.79 Å². The fraction of sp³-hybridized carbons (Fsp3) is 0.381. The molecule has 2 aromatic heterocycles. The van der Waals surface area contributed by atoms with Crippen molar-refractivity contribution in [3.05, 3.63) is 59.0 Å². The molecule has 0 spiro atoms. The van der Waals surface area contributed by atoms with Gasteiger partial charge in [0.05, 0.1) is 6.61 Å². The molecule has 0 N–H and O–H groups in total. The van der Waals surface area contributed by atoms with Gasteiger partial charge < -0.3 is 9.64 Å². The van der Waals surface area contributed by atoms with Crippen LogP contribution in [0.2, 0.25) is 0 Å². The van der Waals surface area contributed by atoms with Crippen LogP contribution in [0.25, 0.3) is 5.65 Å². The van der Waals surface area contributed by atoms with Crippen molar-refractivity contribution in [2.75, 3.05) is 19.7 Å². The molecule has 1 amide bonds. The van der Waals surface area contributed by atoms with Gasteiger partial charge in [0, 0.05) is 36.1 Å². The molecule has 1 unspecified atom stereocenters. The molecule has 0 aliphatic carbocycles. The zero-order valence-electron chi connectivity index (χ0n) is 15.6. The minimum Gasteiger partial charge on any atom is -0.494 e. The fourth-order valence-electron chi connectivity index (χ4n) is 3.68. The van der Waals surface area contributed by atoms with Gasteiger partial charge in [-0.05, 0) is 49.6 Å². The van der Waals surface area contributed by atoms with Crippen LogP contribution in [-0.2, 0) is 4.79 Å². The summed E-state index contributed by atoms with van der Waals surface area (Å²) < 4.78 is 8.75. The van der Waals surface area contributed by atoms with Crippen molar-refractivity contribution >= 4 is 27.5 Å². The second-order valence-corrected chi connectivity index (χ2v) is 7.99. The van der Waals surface area contributed by atoms with Crippen molar-refractivity contribution < 1.29 is 9.53 Å². The number of piperidine rings is 1. The van der Waals surface area contributed by atoms with Gasteiger partial charge in [-0.15, -0.1) is 10.2 Å². The van der Waals surface area contributed by atoms with Crippen LogP contribution in [0.15, 0.2) is 53.1 Å². The van der Waals surface area contributed by atoms with Gasteiger partial charge >= 0.3 is 0 Å². The van der Waals surface area contributed by atoms with E-state index in [0.29, 0.717) is 26.0 Å². The highest BCUT2D eigenvalue weighted by atomic mass is 79.9. The van der Waals surface area contributed by atoms with Crippen molar-refractivity contribution in [2.45, 2.75) is 31.6 Å². The largest absolute Gasteiger partial charge is 0.494 e. The Labute approximate surface area is 172 Å². The standard InChI is InChI=1S/C21H23BrN4O2/c22-17-7-3-8-18(14-17)28-13-5-10-20(27)25-11-4-6-16(15-25)21-24-23-19-9-1-2-12-26(19)21/h1-3,7-9,12,14,16H,4-6,10-11,13,15H2. The number of aromatic nitrogens is 3. The molecule has 0 bridgehead atoms. The van der Waals surface area contributed by atoms with E-state index >= 15 is 0 Å². The topological polar surface area (TPSA) is 59.7 Å². The van der Waals surface area contributed by atoms with Crippen molar-refractivity contribution in [3.8, 4) is 5.75 Å². The van der Waals surface area contributed by atoms with Gasteiger partial charge in [-0.3, -0.25) is 9.20 Å². The summed E-state index contributed by atoms with van der Waals surface area (Å²) in [5.74, 6) is 2.19. The smallest absolute Gasteiger partial charge is 0.222 e. The molecule has 1 aliphatic rings. The first-order chi connectivity index (χ1) is 13.7. The summed E-state index contributed by atoms with van der Waals surface area (Å²) in [6.45, 7) is 2.06. The molecule has 1 aromatic carbocycles. The Morgan fingerprint density at radius 2 is 2.14 bits per heavy atom. The first-order valence-corrected chi connectivity index (χ1v) is 10.5. The summed E-state index contributed by atoms with van der Waals surface area (Å²) in [7, 11) is 0. The summed E-state index contributed by atoms with van der Waals surface area (Å²) in [5.41, 5.74) is 0.852. The Morgan fingerprint density at radius 1 is 1.21 bits per heavy atom. The van der Waals surface area contributed by atoms with Crippen LogP contribution in [-0.4, -0.2) is 45.1 Å². The summed E-state index contributed by atoms with van der Waals surface area (Å²) in [6, 6.07) is 13.6. The molecule has 7 heteroatoms. The molecule has 6 nitrogen and oxygen atoms in total. The average Bonchev–Trinajstić information content (AvgIpc) is 3.15. The highest BCUT2D eigenvalue weighted by Crippen LogP contribution is 2.26.